The second-order valence-electron chi connectivity index (χ2n) is 5.94. The molecule has 1 aliphatic carbocycles. The minimum absolute atomic E-state index is 0.0752. The lowest BCUT2D eigenvalue weighted by Gasteiger charge is -2.20. The molecule has 0 spiro atoms. The van der Waals surface area contributed by atoms with Crippen molar-refractivity contribution in [2.45, 2.75) is 51.1 Å². The Morgan fingerprint density at radius 2 is 2.26 bits per heavy atom. The molecule has 3 rings (SSSR count). The Morgan fingerprint density at radius 3 is 2.89 bits per heavy atom. The molecule has 2 aliphatic rings. The normalized spacial score (nSPS) is 24.1. The summed E-state index contributed by atoms with van der Waals surface area (Å²) < 4.78 is 4.39. The van der Waals surface area contributed by atoms with E-state index in [2.05, 4.69) is 28.4 Å². The van der Waals surface area contributed by atoms with Crippen LogP contribution in [0, 0.1) is 0 Å². The molecule has 1 amide bonds. The Morgan fingerprint density at radius 1 is 1.47 bits per heavy atom. The van der Waals surface area contributed by atoms with E-state index in [0.717, 1.165) is 30.8 Å². The number of aromatic nitrogens is 1. The van der Waals surface area contributed by atoms with Crippen LogP contribution in [0.4, 0.5) is 0 Å². The maximum atomic E-state index is 12.3. The zero-order chi connectivity index (χ0) is 13.4. The lowest BCUT2D eigenvalue weighted by molar-refractivity contribution is 0.0936. The van der Waals surface area contributed by atoms with Crippen molar-refractivity contribution in [2.24, 2.45) is 0 Å². The second kappa shape index (κ2) is 5.21. The van der Waals surface area contributed by atoms with Crippen molar-refractivity contribution < 1.29 is 4.79 Å². The molecule has 104 valence electrons. The molecular formula is C14H21N3OS. The molecule has 1 aromatic rings. The van der Waals surface area contributed by atoms with E-state index in [-0.39, 0.29) is 5.91 Å². The molecule has 0 unspecified atom stereocenters. The maximum Gasteiger partial charge on any atom is 0.254 e. The van der Waals surface area contributed by atoms with Crippen LogP contribution < -0.4 is 5.32 Å². The number of amides is 1. The van der Waals surface area contributed by atoms with Gasteiger partial charge in [0.2, 0.25) is 0 Å². The number of rotatable bonds is 4. The minimum atomic E-state index is 0.0752. The molecule has 0 aromatic carbocycles. The van der Waals surface area contributed by atoms with Crippen LogP contribution in [0.2, 0.25) is 0 Å². The Labute approximate surface area is 118 Å². The number of carbonyl (C=O) groups is 1. The van der Waals surface area contributed by atoms with Gasteiger partial charge in [0, 0.05) is 36.5 Å². The molecule has 2 fully saturated rings. The maximum absolute atomic E-state index is 12.3. The average molecular weight is 279 g/mol. The van der Waals surface area contributed by atoms with Crippen molar-refractivity contribution in [3.8, 4) is 0 Å². The first-order valence-corrected chi connectivity index (χ1v) is 7.98. The third-order valence-corrected chi connectivity index (χ3v) is 4.73. The van der Waals surface area contributed by atoms with Crippen molar-refractivity contribution in [3.63, 3.8) is 0 Å². The topological polar surface area (TPSA) is 45.2 Å². The zero-order valence-electron chi connectivity index (χ0n) is 11.6. The van der Waals surface area contributed by atoms with Crippen LogP contribution in [0.3, 0.4) is 0 Å². The van der Waals surface area contributed by atoms with E-state index in [1.54, 1.807) is 0 Å². The van der Waals surface area contributed by atoms with Gasteiger partial charge < -0.3 is 5.32 Å². The summed E-state index contributed by atoms with van der Waals surface area (Å²) in [7, 11) is 0. The van der Waals surface area contributed by atoms with Crippen LogP contribution in [0.1, 0.15) is 55.1 Å². The zero-order valence-corrected chi connectivity index (χ0v) is 12.4. The Hall–Kier alpha value is -0.940. The highest BCUT2D eigenvalue weighted by Crippen LogP contribution is 2.41. The van der Waals surface area contributed by atoms with Gasteiger partial charge in [-0.25, -0.2) is 0 Å². The van der Waals surface area contributed by atoms with Crippen LogP contribution in [0.15, 0.2) is 5.38 Å². The lowest BCUT2D eigenvalue weighted by atomic mass is 10.1. The highest BCUT2D eigenvalue weighted by molar-refractivity contribution is 7.04. The second-order valence-corrected chi connectivity index (χ2v) is 6.56. The van der Waals surface area contributed by atoms with Gasteiger partial charge in [-0.2, -0.15) is 4.37 Å². The Kier molecular flexibility index (Phi) is 3.58. The predicted molar refractivity (Wildman–Crippen MR) is 76.7 cm³/mol. The quantitative estimate of drug-likeness (QED) is 0.919. The van der Waals surface area contributed by atoms with Crippen LogP contribution in [0.25, 0.3) is 0 Å². The SMILES string of the molecule is CC(C)N1CC[C@H](NC(=O)c2csnc2C2CC2)C1. The van der Waals surface area contributed by atoms with E-state index in [0.29, 0.717) is 18.0 Å². The predicted octanol–water partition coefficient (Wildman–Crippen LogP) is 2.23. The first-order chi connectivity index (χ1) is 9.15. The number of hydrogen-bond donors (Lipinski definition) is 1. The molecule has 5 heteroatoms. The molecule has 1 atom stereocenters. The summed E-state index contributed by atoms with van der Waals surface area (Å²) in [5, 5.41) is 5.08. The van der Waals surface area contributed by atoms with E-state index in [1.165, 1.54) is 24.4 Å². The van der Waals surface area contributed by atoms with Crippen LogP contribution >= 0.6 is 11.5 Å². The number of hydrogen-bond acceptors (Lipinski definition) is 4. The summed E-state index contributed by atoms with van der Waals surface area (Å²) >= 11 is 1.40. The van der Waals surface area contributed by atoms with Crippen LogP contribution in [0.5, 0.6) is 0 Å². The summed E-state index contributed by atoms with van der Waals surface area (Å²) in [5.41, 5.74) is 1.84. The molecule has 19 heavy (non-hydrogen) atoms. The molecule has 1 saturated carbocycles. The average Bonchev–Trinajstić information content (AvgIpc) is 2.92. The highest BCUT2D eigenvalue weighted by Gasteiger charge is 2.32. The fraction of sp³-hybridized carbons (Fsp3) is 0.714. The first kappa shape index (κ1) is 13.1. The number of carbonyl (C=O) groups excluding carboxylic acids is 1. The molecule has 1 N–H and O–H groups in total. The van der Waals surface area contributed by atoms with Gasteiger partial charge >= 0.3 is 0 Å². The third kappa shape index (κ3) is 2.82. The van der Waals surface area contributed by atoms with E-state index in [9.17, 15) is 4.79 Å². The molecule has 4 nitrogen and oxygen atoms in total. The summed E-state index contributed by atoms with van der Waals surface area (Å²) in [4.78, 5) is 14.7. The van der Waals surface area contributed by atoms with E-state index >= 15 is 0 Å². The van der Waals surface area contributed by atoms with Crippen molar-refractivity contribution in [1.82, 2.24) is 14.6 Å². The van der Waals surface area contributed by atoms with Crippen molar-refractivity contribution in [3.05, 3.63) is 16.6 Å². The molecule has 0 radical (unpaired) electrons. The Balaban J connectivity index is 1.61. The summed E-state index contributed by atoms with van der Waals surface area (Å²) in [5.74, 6) is 0.619. The number of likely N-dealkylation sites (tertiary alicyclic amines) is 1. The monoisotopic (exact) mass is 279 g/mol. The van der Waals surface area contributed by atoms with Crippen molar-refractivity contribution in [2.75, 3.05) is 13.1 Å². The van der Waals surface area contributed by atoms with Gasteiger partial charge in [-0.15, -0.1) is 0 Å². The smallest absolute Gasteiger partial charge is 0.254 e. The van der Waals surface area contributed by atoms with Crippen LogP contribution in [-0.2, 0) is 0 Å². The first-order valence-electron chi connectivity index (χ1n) is 7.14. The van der Waals surface area contributed by atoms with Gasteiger partial charge in [-0.1, -0.05) is 0 Å². The molecule has 1 aliphatic heterocycles. The standard InChI is InChI=1S/C14H21N3OS/c1-9(2)17-6-5-11(7-17)15-14(18)12-8-19-16-13(12)10-3-4-10/h8-11H,3-7H2,1-2H3,(H,15,18)/t11-/m0/s1. The summed E-state index contributed by atoms with van der Waals surface area (Å²) in [6, 6.07) is 0.855. The van der Waals surface area contributed by atoms with E-state index in [1.807, 2.05) is 5.38 Å². The van der Waals surface area contributed by atoms with Gasteiger partial charge in [0.05, 0.1) is 11.3 Å². The fourth-order valence-electron chi connectivity index (χ4n) is 2.70. The fourth-order valence-corrected chi connectivity index (χ4v) is 3.45. The highest BCUT2D eigenvalue weighted by atomic mass is 32.1. The summed E-state index contributed by atoms with van der Waals surface area (Å²) in [6.45, 7) is 6.47. The lowest BCUT2D eigenvalue weighted by Crippen LogP contribution is -2.38. The van der Waals surface area contributed by atoms with Crippen molar-refractivity contribution in [1.29, 1.82) is 0 Å². The van der Waals surface area contributed by atoms with Crippen molar-refractivity contribution >= 4 is 17.4 Å². The molecule has 1 saturated heterocycles. The van der Waals surface area contributed by atoms with Gasteiger partial charge in [-0.3, -0.25) is 9.69 Å². The Bertz CT molecular complexity index is 467. The van der Waals surface area contributed by atoms with Crippen LogP contribution in [-0.4, -0.2) is 40.4 Å². The molecule has 0 bridgehead atoms. The molecule has 1 aromatic heterocycles. The van der Waals surface area contributed by atoms with E-state index < -0.39 is 0 Å². The van der Waals surface area contributed by atoms with E-state index in [4.69, 9.17) is 0 Å². The molecule has 2 heterocycles. The van der Waals surface area contributed by atoms with Gasteiger partial charge in [0.25, 0.3) is 5.91 Å². The number of nitrogens with one attached hydrogen (secondary N) is 1. The minimum Gasteiger partial charge on any atom is -0.348 e. The van der Waals surface area contributed by atoms with Gasteiger partial charge in [0.1, 0.15) is 0 Å². The summed E-state index contributed by atoms with van der Waals surface area (Å²) in [6.07, 6.45) is 3.43. The van der Waals surface area contributed by atoms with Gasteiger partial charge in [-0.05, 0) is 44.6 Å². The number of nitrogens with zero attached hydrogens (tertiary/aromatic N) is 2. The molecular weight excluding hydrogens is 258 g/mol. The third-order valence-electron chi connectivity index (χ3n) is 4.09. The van der Waals surface area contributed by atoms with Gasteiger partial charge in [0.15, 0.2) is 0 Å². The largest absolute Gasteiger partial charge is 0.348 e.